The first kappa shape index (κ1) is 31.5. The lowest BCUT2D eigenvalue weighted by Crippen LogP contribution is -2.56. The number of methoxy groups -OCH3 is 2. The molecule has 2 heterocycles. The number of carboxylic acid groups (broad SMARTS) is 1. The van der Waals surface area contributed by atoms with E-state index in [4.69, 9.17) is 19.4 Å². The summed E-state index contributed by atoms with van der Waals surface area (Å²) < 4.78 is 55.9. The number of nitrogens with one attached hydrogen (secondary N) is 1. The Morgan fingerprint density at radius 3 is 2.15 bits per heavy atom. The number of hydrogen-bond donors (Lipinski definition) is 2. The molecule has 13 heteroatoms. The molecule has 2 aromatic carbocycles. The topological polar surface area (TPSA) is 122 Å². The Morgan fingerprint density at radius 1 is 1.07 bits per heavy atom. The molecule has 4 rings (SSSR count). The number of likely N-dealkylation sites (tertiary alicyclic amines) is 1. The van der Waals surface area contributed by atoms with Crippen LogP contribution in [0.5, 0.6) is 5.75 Å². The van der Waals surface area contributed by atoms with Gasteiger partial charge in [0.15, 0.2) is 0 Å². The molecule has 2 aliphatic heterocycles. The van der Waals surface area contributed by atoms with E-state index in [0.29, 0.717) is 17.7 Å². The summed E-state index contributed by atoms with van der Waals surface area (Å²) in [5.41, 5.74) is 0.924. The average molecular weight is 583 g/mol. The first-order valence-electron chi connectivity index (χ1n) is 12.5. The van der Waals surface area contributed by atoms with Crippen LogP contribution in [0.2, 0.25) is 0 Å². The second kappa shape index (κ2) is 11.9. The molecule has 0 unspecified atom stereocenters. The molecule has 0 aromatic heterocycles. The maximum Gasteiger partial charge on any atom is 0.490 e. The summed E-state index contributed by atoms with van der Waals surface area (Å²) in [6.45, 7) is 3.92. The molecule has 0 bridgehead atoms. The number of hydrogen-bond acceptors (Lipinski definition) is 7. The standard InChI is InChI=1S/C26H29FN2O5.C2HF3O2/c1-14(2)13-26(25(32)34-5)21-20(23(30)29(3)24(21)31)22(28-26)16-8-11-18(19(12-16)33-4)15-6-9-17(27)10-7-15;3-2(4,5)1(6)7/h6-12,14,20-22,28H,13H2,1-5H3;(H,6,7)/t20-,21-,22-,26-;/m1./s1. The van der Waals surface area contributed by atoms with Gasteiger partial charge in [-0.1, -0.05) is 38.1 Å². The molecule has 222 valence electrons. The highest BCUT2D eigenvalue weighted by molar-refractivity contribution is 6.09. The van der Waals surface area contributed by atoms with Crippen LogP contribution in [-0.2, 0) is 23.9 Å². The Balaban J connectivity index is 0.000000587. The normalized spacial score (nSPS) is 23.7. The van der Waals surface area contributed by atoms with Crippen LogP contribution in [0.4, 0.5) is 17.6 Å². The summed E-state index contributed by atoms with van der Waals surface area (Å²) in [5, 5.41) is 10.5. The van der Waals surface area contributed by atoms with E-state index in [0.717, 1.165) is 16.0 Å². The Bertz CT molecular complexity index is 1330. The van der Waals surface area contributed by atoms with Crippen molar-refractivity contribution in [3.8, 4) is 16.9 Å². The number of ether oxygens (including phenoxy) is 2. The number of rotatable bonds is 6. The molecule has 0 radical (unpaired) electrons. The summed E-state index contributed by atoms with van der Waals surface area (Å²) in [4.78, 5) is 49.5. The number of fused-ring (bicyclic) bond motifs is 1. The molecule has 9 nitrogen and oxygen atoms in total. The van der Waals surface area contributed by atoms with E-state index in [-0.39, 0.29) is 23.5 Å². The van der Waals surface area contributed by atoms with E-state index in [2.05, 4.69) is 5.32 Å². The van der Waals surface area contributed by atoms with Crippen LogP contribution in [0.3, 0.4) is 0 Å². The molecule has 4 atom stereocenters. The van der Waals surface area contributed by atoms with Gasteiger partial charge in [-0.2, -0.15) is 13.2 Å². The molecular formula is C28H30F4N2O7. The SMILES string of the molecule is COC(=O)[C@]1(CC(C)C)N[C@H](c2ccc(-c3ccc(F)cc3)c(OC)c2)[C@@H]2C(=O)N(C)C(=O)[C@@H]21.O=C(O)C(F)(F)F. The zero-order valence-electron chi connectivity index (χ0n) is 22.9. The van der Waals surface area contributed by atoms with Gasteiger partial charge in [0, 0.05) is 18.7 Å². The van der Waals surface area contributed by atoms with Gasteiger partial charge in [0.2, 0.25) is 11.8 Å². The van der Waals surface area contributed by atoms with Crippen molar-refractivity contribution in [2.24, 2.45) is 17.8 Å². The summed E-state index contributed by atoms with van der Waals surface area (Å²) >= 11 is 0. The van der Waals surface area contributed by atoms with Gasteiger partial charge in [0.1, 0.15) is 17.1 Å². The van der Waals surface area contributed by atoms with E-state index in [1.54, 1.807) is 18.2 Å². The fraction of sp³-hybridized carbons (Fsp3) is 0.429. The minimum atomic E-state index is -5.08. The molecule has 2 amide bonds. The van der Waals surface area contributed by atoms with Crippen molar-refractivity contribution in [3.63, 3.8) is 0 Å². The smallest absolute Gasteiger partial charge is 0.490 e. The van der Waals surface area contributed by atoms with Crippen molar-refractivity contribution in [2.45, 2.75) is 38.0 Å². The number of carbonyl (C=O) groups excluding carboxylic acids is 3. The van der Waals surface area contributed by atoms with Gasteiger partial charge < -0.3 is 14.6 Å². The maximum atomic E-state index is 13.4. The summed E-state index contributed by atoms with van der Waals surface area (Å²) in [6, 6.07) is 11.0. The Morgan fingerprint density at radius 2 is 1.66 bits per heavy atom. The minimum absolute atomic E-state index is 0.0650. The van der Waals surface area contributed by atoms with Crippen LogP contribution in [0.1, 0.15) is 31.9 Å². The van der Waals surface area contributed by atoms with E-state index < -0.39 is 41.5 Å². The molecule has 2 aliphatic rings. The summed E-state index contributed by atoms with van der Waals surface area (Å²) in [6.07, 6.45) is -4.74. The van der Waals surface area contributed by atoms with Gasteiger partial charge in [-0.25, -0.2) is 9.18 Å². The lowest BCUT2D eigenvalue weighted by atomic mass is 9.75. The fourth-order valence-electron chi connectivity index (χ4n) is 5.49. The van der Waals surface area contributed by atoms with Gasteiger partial charge in [0.05, 0.1) is 26.1 Å². The molecule has 41 heavy (non-hydrogen) atoms. The van der Waals surface area contributed by atoms with E-state index in [1.165, 1.54) is 33.4 Å². The quantitative estimate of drug-likeness (QED) is 0.298. The van der Waals surface area contributed by atoms with E-state index in [1.807, 2.05) is 26.0 Å². The highest BCUT2D eigenvalue weighted by Crippen LogP contribution is 2.51. The lowest BCUT2D eigenvalue weighted by molar-refractivity contribution is -0.192. The lowest BCUT2D eigenvalue weighted by Gasteiger charge is -2.33. The van der Waals surface area contributed by atoms with Crippen molar-refractivity contribution in [1.29, 1.82) is 0 Å². The highest BCUT2D eigenvalue weighted by Gasteiger charge is 2.68. The van der Waals surface area contributed by atoms with Gasteiger partial charge in [-0.15, -0.1) is 0 Å². The monoisotopic (exact) mass is 582 g/mol. The predicted molar refractivity (Wildman–Crippen MR) is 137 cm³/mol. The van der Waals surface area contributed by atoms with E-state index >= 15 is 0 Å². The van der Waals surface area contributed by atoms with Crippen molar-refractivity contribution < 1.29 is 51.3 Å². The third-order valence-corrected chi connectivity index (χ3v) is 7.14. The van der Waals surface area contributed by atoms with E-state index in [9.17, 15) is 31.9 Å². The summed E-state index contributed by atoms with van der Waals surface area (Å²) in [7, 11) is 4.28. The first-order chi connectivity index (χ1) is 19.1. The number of amides is 2. The molecule has 0 aliphatic carbocycles. The number of alkyl halides is 3. The maximum absolute atomic E-state index is 13.4. The molecule has 0 spiro atoms. The van der Waals surface area contributed by atoms with Crippen molar-refractivity contribution in [2.75, 3.05) is 21.3 Å². The molecule has 2 saturated heterocycles. The number of nitrogens with zero attached hydrogens (tertiary/aromatic N) is 1. The molecule has 0 saturated carbocycles. The third-order valence-electron chi connectivity index (χ3n) is 7.14. The Hall–Kier alpha value is -4.00. The predicted octanol–water partition coefficient (Wildman–Crippen LogP) is 3.97. The Labute approximate surface area is 233 Å². The second-order valence-corrected chi connectivity index (χ2v) is 10.2. The molecule has 2 N–H and O–H groups in total. The molecular weight excluding hydrogens is 552 g/mol. The van der Waals surface area contributed by atoms with Crippen LogP contribution in [-0.4, -0.2) is 66.7 Å². The van der Waals surface area contributed by atoms with Crippen LogP contribution in [0, 0.1) is 23.6 Å². The van der Waals surface area contributed by atoms with Gasteiger partial charge in [-0.05, 0) is 41.7 Å². The number of halogens is 4. The van der Waals surface area contributed by atoms with Crippen LogP contribution >= 0.6 is 0 Å². The number of esters is 1. The average Bonchev–Trinajstić information content (AvgIpc) is 3.37. The second-order valence-electron chi connectivity index (χ2n) is 10.2. The molecule has 2 aromatic rings. The number of imide groups is 1. The molecule has 2 fully saturated rings. The number of carbonyl (C=O) groups is 4. The fourth-order valence-corrected chi connectivity index (χ4v) is 5.49. The number of aliphatic carboxylic acids is 1. The zero-order chi connectivity index (χ0) is 30.9. The summed E-state index contributed by atoms with van der Waals surface area (Å²) in [5.74, 6) is -5.38. The minimum Gasteiger partial charge on any atom is -0.496 e. The van der Waals surface area contributed by atoms with Crippen LogP contribution < -0.4 is 10.1 Å². The third kappa shape index (κ3) is 6.04. The zero-order valence-corrected chi connectivity index (χ0v) is 22.9. The Kier molecular flexibility index (Phi) is 9.11. The van der Waals surface area contributed by atoms with Crippen LogP contribution in [0.25, 0.3) is 11.1 Å². The first-order valence-corrected chi connectivity index (χ1v) is 12.5. The van der Waals surface area contributed by atoms with Crippen molar-refractivity contribution in [1.82, 2.24) is 10.2 Å². The van der Waals surface area contributed by atoms with Crippen LogP contribution in [0.15, 0.2) is 42.5 Å². The van der Waals surface area contributed by atoms with Crippen molar-refractivity contribution >= 4 is 23.8 Å². The largest absolute Gasteiger partial charge is 0.496 e. The van der Waals surface area contributed by atoms with Gasteiger partial charge in [-0.3, -0.25) is 24.6 Å². The number of benzene rings is 2. The number of carboxylic acids is 1. The highest BCUT2D eigenvalue weighted by atomic mass is 19.4. The van der Waals surface area contributed by atoms with Gasteiger partial charge in [0.25, 0.3) is 0 Å². The van der Waals surface area contributed by atoms with Gasteiger partial charge >= 0.3 is 18.1 Å². The van der Waals surface area contributed by atoms with Crippen molar-refractivity contribution in [3.05, 3.63) is 53.8 Å².